The van der Waals surface area contributed by atoms with E-state index in [1.807, 2.05) is 6.07 Å². The molecule has 0 aromatic carbocycles. The quantitative estimate of drug-likeness (QED) is 0.809. The Morgan fingerprint density at radius 3 is 2.95 bits per heavy atom. The molecule has 1 aliphatic rings. The van der Waals surface area contributed by atoms with Gasteiger partial charge in [0.1, 0.15) is 5.82 Å². The zero-order valence-electron chi connectivity index (χ0n) is 10.9. The SMILES string of the molecule is CCNc1nc(-c2cc(Br)c(Br)s2)nc2c1COCC2. The van der Waals surface area contributed by atoms with E-state index in [0.717, 1.165) is 55.6 Å². The molecule has 1 N–H and O–H groups in total. The first-order valence-electron chi connectivity index (χ1n) is 6.35. The first-order valence-corrected chi connectivity index (χ1v) is 8.76. The van der Waals surface area contributed by atoms with Gasteiger partial charge in [0.25, 0.3) is 0 Å². The molecule has 0 spiro atoms. The lowest BCUT2D eigenvalue weighted by molar-refractivity contribution is 0.109. The van der Waals surface area contributed by atoms with Gasteiger partial charge in [-0.1, -0.05) is 0 Å². The molecule has 0 atom stereocenters. The minimum atomic E-state index is 0.593. The van der Waals surface area contributed by atoms with Gasteiger partial charge in [-0.05, 0) is 44.8 Å². The van der Waals surface area contributed by atoms with E-state index in [9.17, 15) is 0 Å². The summed E-state index contributed by atoms with van der Waals surface area (Å²) in [6.07, 6.45) is 0.844. The van der Waals surface area contributed by atoms with E-state index in [-0.39, 0.29) is 0 Å². The van der Waals surface area contributed by atoms with Crippen molar-refractivity contribution in [3.05, 3.63) is 25.6 Å². The molecular weight excluding hydrogens is 406 g/mol. The molecule has 0 saturated heterocycles. The maximum absolute atomic E-state index is 5.52. The number of rotatable bonds is 3. The van der Waals surface area contributed by atoms with Gasteiger partial charge in [0.15, 0.2) is 5.82 Å². The van der Waals surface area contributed by atoms with E-state index in [1.54, 1.807) is 11.3 Å². The summed E-state index contributed by atoms with van der Waals surface area (Å²) in [5.74, 6) is 1.67. The van der Waals surface area contributed by atoms with Crippen molar-refractivity contribution < 1.29 is 4.74 Å². The highest BCUT2D eigenvalue weighted by Crippen LogP contribution is 2.38. The Hall–Kier alpha value is -0.500. The summed E-state index contributed by atoms with van der Waals surface area (Å²) in [7, 11) is 0. The molecule has 0 bridgehead atoms. The zero-order chi connectivity index (χ0) is 14.1. The van der Waals surface area contributed by atoms with Gasteiger partial charge in [-0.3, -0.25) is 0 Å². The number of nitrogens with one attached hydrogen (secondary N) is 1. The van der Waals surface area contributed by atoms with Crippen molar-refractivity contribution in [1.82, 2.24) is 9.97 Å². The molecule has 1 aliphatic heterocycles. The largest absolute Gasteiger partial charge is 0.376 e. The van der Waals surface area contributed by atoms with Crippen LogP contribution in [0.25, 0.3) is 10.7 Å². The van der Waals surface area contributed by atoms with E-state index < -0.39 is 0 Å². The van der Waals surface area contributed by atoms with Gasteiger partial charge >= 0.3 is 0 Å². The maximum atomic E-state index is 5.52. The summed E-state index contributed by atoms with van der Waals surface area (Å²) in [5.41, 5.74) is 2.19. The van der Waals surface area contributed by atoms with Crippen molar-refractivity contribution in [3.8, 4) is 10.7 Å². The Kier molecular flexibility index (Phi) is 4.40. The van der Waals surface area contributed by atoms with E-state index in [0.29, 0.717) is 6.61 Å². The Balaban J connectivity index is 2.09. The first-order chi connectivity index (χ1) is 9.69. The second-order valence-corrected chi connectivity index (χ2v) is 7.61. The summed E-state index contributed by atoms with van der Waals surface area (Å²) in [5, 5.41) is 3.32. The third-order valence-electron chi connectivity index (χ3n) is 3.03. The van der Waals surface area contributed by atoms with Crippen molar-refractivity contribution in [1.29, 1.82) is 0 Å². The monoisotopic (exact) mass is 417 g/mol. The van der Waals surface area contributed by atoms with Gasteiger partial charge in [0, 0.05) is 23.0 Å². The molecule has 0 aliphatic carbocycles. The Morgan fingerprint density at radius 1 is 1.40 bits per heavy atom. The molecular formula is C13H13Br2N3OS. The molecule has 0 amide bonds. The molecule has 4 nitrogen and oxygen atoms in total. The normalized spacial score (nSPS) is 14.2. The summed E-state index contributed by atoms with van der Waals surface area (Å²) < 4.78 is 7.61. The highest BCUT2D eigenvalue weighted by atomic mass is 79.9. The molecule has 106 valence electrons. The first kappa shape index (κ1) is 14.4. The van der Waals surface area contributed by atoms with E-state index in [2.05, 4.69) is 49.1 Å². The van der Waals surface area contributed by atoms with Gasteiger partial charge < -0.3 is 10.1 Å². The fourth-order valence-corrected chi connectivity index (χ4v) is 4.08. The van der Waals surface area contributed by atoms with Crippen LogP contribution in [0.3, 0.4) is 0 Å². The van der Waals surface area contributed by atoms with Crippen LogP contribution < -0.4 is 5.32 Å². The van der Waals surface area contributed by atoms with Crippen LogP contribution in [-0.2, 0) is 17.8 Å². The number of halogens is 2. The zero-order valence-corrected chi connectivity index (χ0v) is 14.9. The van der Waals surface area contributed by atoms with Crippen LogP contribution in [-0.4, -0.2) is 23.1 Å². The smallest absolute Gasteiger partial charge is 0.171 e. The highest BCUT2D eigenvalue weighted by Gasteiger charge is 2.19. The van der Waals surface area contributed by atoms with Crippen molar-refractivity contribution in [2.75, 3.05) is 18.5 Å². The van der Waals surface area contributed by atoms with Crippen LogP contribution >= 0.6 is 43.2 Å². The molecule has 2 aromatic heterocycles. The topological polar surface area (TPSA) is 47.0 Å². The van der Waals surface area contributed by atoms with E-state index >= 15 is 0 Å². The molecule has 0 fully saturated rings. The molecule has 2 aromatic rings. The number of fused-ring (bicyclic) bond motifs is 1. The lowest BCUT2D eigenvalue weighted by atomic mass is 10.1. The van der Waals surface area contributed by atoms with Crippen LogP contribution in [0.1, 0.15) is 18.2 Å². The predicted molar refractivity (Wildman–Crippen MR) is 88.3 cm³/mol. The van der Waals surface area contributed by atoms with Gasteiger partial charge in [-0.25, -0.2) is 9.97 Å². The lowest BCUT2D eigenvalue weighted by Crippen LogP contribution is -2.17. The minimum Gasteiger partial charge on any atom is -0.376 e. The molecule has 0 saturated carbocycles. The molecule has 7 heteroatoms. The average molecular weight is 419 g/mol. The van der Waals surface area contributed by atoms with Gasteiger partial charge in [0.05, 0.1) is 27.6 Å². The number of ether oxygens (including phenoxy) is 1. The van der Waals surface area contributed by atoms with Crippen LogP contribution in [0.4, 0.5) is 5.82 Å². The van der Waals surface area contributed by atoms with Gasteiger partial charge in [-0.2, -0.15) is 0 Å². The van der Waals surface area contributed by atoms with Crippen LogP contribution in [0.15, 0.2) is 14.3 Å². The van der Waals surface area contributed by atoms with Crippen LogP contribution in [0, 0.1) is 0 Å². The number of nitrogens with zero attached hydrogens (tertiary/aromatic N) is 2. The van der Waals surface area contributed by atoms with Gasteiger partial charge in [0.2, 0.25) is 0 Å². The number of thiophene rings is 1. The van der Waals surface area contributed by atoms with Crippen molar-refractivity contribution in [2.45, 2.75) is 20.0 Å². The average Bonchev–Trinajstić information content (AvgIpc) is 2.79. The second kappa shape index (κ2) is 6.09. The van der Waals surface area contributed by atoms with Crippen LogP contribution in [0.5, 0.6) is 0 Å². The summed E-state index contributed by atoms with van der Waals surface area (Å²) in [4.78, 5) is 10.4. The van der Waals surface area contributed by atoms with Crippen molar-refractivity contribution >= 4 is 49.0 Å². The molecule has 3 heterocycles. The molecule has 3 rings (SSSR count). The van der Waals surface area contributed by atoms with Crippen molar-refractivity contribution in [3.63, 3.8) is 0 Å². The number of hydrogen-bond acceptors (Lipinski definition) is 5. The number of aromatic nitrogens is 2. The third kappa shape index (κ3) is 2.77. The van der Waals surface area contributed by atoms with Crippen LogP contribution in [0.2, 0.25) is 0 Å². The Labute approximate surface area is 138 Å². The standard InChI is InChI=1S/C13H13Br2N3OS/c1-2-16-12-7-6-19-4-3-9(7)17-13(18-12)10-5-8(14)11(15)20-10/h5H,2-4,6H2,1H3,(H,16,17,18). The lowest BCUT2D eigenvalue weighted by Gasteiger charge is -2.19. The fourth-order valence-electron chi connectivity index (χ4n) is 2.11. The second-order valence-electron chi connectivity index (χ2n) is 4.39. The summed E-state index contributed by atoms with van der Waals surface area (Å²) in [6, 6.07) is 2.05. The summed E-state index contributed by atoms with van der Waals surface area (Å²) >= 11 is 8.66. The van der Waals surface area contributed by atoms with Gasteiger partial charge in [-0.15, -0.1) is 11.3 Å². The van der Waals surface area contributed by atoms with Crippen molar-refractivity contribution in [2.24, 2.45) is 0 Å². The highest BCUT2D eigenvalue weighted by molar-refractivity contribution is 9.13. The van der Waals surface area contributed by atoms with E-state index in [1.165, 1.54) is 0 Å². The predicted octanol–water partition coefficient (Wildman–Crippen LogP) is 4.23. The Morgan fingerprint density at radius 2 is 2.25 bits per heavy atom. The Bertz CT molecular complexity index is 625. The summed E-state index contributed by atoms with van der Waals surface area (Å²) in [6.45, 7) is 4.22. The number of hydrogen-bond donors (Lipinski definition) is 1. The molecule has 20 heavy (non-hydrogen) atoms. The molecule has 0 radical (unpaired) electrons. The molecule has 0 unspecified atom stereocenters. The minimum absolute atomic E-state index is 0.593. The maximum Gasteiger partial charge on any atom is 0.171 e. The fraction of sp³-hybridized carbons (Fsp3) is 0.385. The third-order valence-corrected chi connectivity index (χ3v) is 6.28. The number of anilines is 1. The van der Waals surface area contributed by atoms with E-state index in [4.69, 9.17) is 9.72 Å².